The Labute approximate surface area is 81.4 Å². The second kappa shape index (κ2) is 3.37. The molecule has 0 atom stereocenters. The van der Waals surface area contributed by atoms with E-state index in [9.17, 15) is 0 Å². The topological polar surface area (TPSA) is 79.6 Å². The van der Waals surface area contributed by atoms with Gasteiger partial charge in [-0.15, -0.1) is 0 Å². The summed E-state index contributed by atoms with van der Waals surface area (Å²) in [5.41, 5.74) is 8.38. The maximum absolute atomic E-state index is 5.55. The zero-order valence-electron chi connectivity index (χ0n) is 7.78. The van der Waals surface area contributed by atoms with Crippen LogP contribution >= 0.6 is 0 Å². The first-order valence-corrected chi connectivity index (χ1v) is 4.24. The van der Waals surface area contributed by atoms with Crippen molar-refractivity contribution < 1.29 is 0 Å². The summed E-state index contributed by atoms with van der Waals surface area (Å²) in [5.74, 6) is 0.496. The number of nitrogen functional groups attached to an aromatic ring is 1. The number of nitrogens with one attached hydrogen (secondary N) is 2. The van der Waals surface area contributed by atoms with E-state index in [0.717, 1.165) is 17.1 Å². The summed E-state index contributed by atoms with van der Waals surface area (Å²) in [6.45, 7) is 1.94. The van der Waals surface area contributed by atoms with Crippen LogP contribution in [0.1, 0.15) is 5.69 Å². The Morgan fingerprint density at radius 2 is 2.36 bits per heavy atom. The van der Waals surface area contributed by atoms with Crippen LogP contribution in [0.2, 0.25) is 0 Å². The Bertz CT molecular complexity index is 434. The smallest absolute Gasteiger partial charge is 0.125 e. The maximum Gasteiger partial charge on any atom is 0.125 e. The van der Waals surface area contributed by atoms with Gasteiger partial charge in [-0.3, -0.25) is 5.10 Å². The highest BCUT2D eigenvalue weighted by atomic mass is 15.1. The lowest BCUT2D eigenvalue weighted by molar-refractivity contribution is 1.05. The van der Waals surface area contributed by atoms with Crippen LogP contribution in [0.5, 0.6) is 0 Å². The van der Waals surface area contributed by atoms with Crippen LogP contribution in [0, 0.1) is 6.92 Å². The molecule has 14 heavy (non-hydrogen) atoms. The van der Waals surface area contributed by atoms with Crippen LogP contribution in [0.25, 0.3) is 0 Å². The molecule has 4 N–H and O–H groups in total. The molecule has 0 fully saturated rings. The summed E-state index contributed by atoms with van der Waals surface area (Å²) >= 11 is 0. The molecule has 0 aromatic carbocycles. The average molecular weight is 189 g/mol. The van der Waals surface area contributed by atoms with Gasteiger partial charge in [0, 0.05) is 18.0 Å². The Morgan fingerprint density at radius 3 is 3.00 bits per heavy atom. The van der Waals surface area contributed by atoms with Crippen LogP contribution in [0.4, 0.5) is 17.2 Å². The first-order valence-electron chi connectivity index (χ1n) is 4.24. The molecule has 0 amide bonds. The molecular formula is C9H11N5. The quantitative estimate of drug-likeness (QED) is 0.667. The lowest BCUT2D eigenvalue weighted by Crippen LogP contribution is -1.94. The van der Waals surface area contributed by atoms with Crippen molar-refractivity contribution in [2.24, 2.45) is 0 Å². The van der Waals surface area contributed by atoms with Gasteiger partial charge in [-0.25, -0.2) is 4.98 Å². The molecule has 2 heterocycles. The summed E-state index contributed by atoms with van der Waals surface area (Å²) in [4.78, 5) is 3.91. The van der Waals surface area contributed by atoms with Gasteiger partial charge < -0.3 is 11.1 Å². The van der Waals surface area contributed by atoms with Gasteiger partial charge in [-0.05, 0) is 13.0 Å². The molecule has 0 saturated carbocycles. The Hall–Kier alpha value is -2.04. The molecule has 2 aromatic rings. The molecular weight excluding hydrogens is 178 g/mol. The van der Waals surface area contributed by atoms with E-state index >= 15 is 0 Å². The number of nitrogens with zero attached hydrogens (tertiary/aromatic N) is 2. The first-order chi connectivity index (χ1) is 6.75. The van der Waals surface area contributed by atoms with Crippen molar-refractivity contribution in [2.75, 3.05) is 11.1 Å². The predicted molar refractivity (Wildman–Crippen MR) is 55.3 cm³/mol. The zero-order valence-corrected chi connectivity index (χ0v) is 7.78. The SMILES string of the molecule is Cc1[nH]ncc1Nc1ccnc(N)c1. The second-order valence-electron chi connectivity index (χ2n) is 3.00. The zero-order chi connectivity index (χ0) is 9.97. The van der Waals surface area contributed by atoms with Crippen molar-refractivity contribution in [1.82, 2.24) is 15.2 Å². The van der Waals surface area contributed by atoms with E-state index in [2.05, 4.69) is 20.5 Å². The van der Waals surface area contributed by atoms with Crippen LogP contribution in [0.15, 0.2) is 24.5 Å². The van der Waals surface area contributed by atoms with Crippen LogP contribution in [-0.2, 0) is 0 Å². The monoisotopic (exact) mass is 189 g/mol. The molecule has 2 rings (SSSR count). The van der Waals surface area contributed by atoms with Gasteiger partial charge in [-0.2, -0.15) is 5.10 Å². The highest BCUT2D eigenvalue weighted by molar-refractivity contribution is 5.62. The van der Waals surface area contributed by atoms with Crippen molar-refractivity contribution in [1.29, 1.82) is 0 Å². The van der Waals surface area contributed by atoms with Crippen LogP contribution in [0.3, 0.4) is 0 Å². The molecule has 0 radical (unpaired) electrons. The molecule has 0 aliphatic heterocycles. The number of anilines is 3. The van der Waals surface area contributed by atoms with Gasteiger partial charge in [0.1, 0.15) is 5.82 Å². The van der Waals surface area contributed by atoms with Crippen molar-refractivity contribution in [2.45, 2.75) is 6.92 Å². The van der Waals surface area contributed by atoms with E-state index in [1.807, 2.05) is 13.0 Å². The number of H-pyrrole nitrogens is 1. The largest absolute Gasteiger partial charge is 0.384 e. The fraction of sp³-hybridized carbons (Fsp3) is 0.111. The van der Waals surface area contributed by atoms with Gasteiger partial charge in [-0.1, -0.05) is 0 Å². The van der Waals surface area contributed by atoms with Crippen molar-refractivity contribution in [3.8, 4) is 0 Å². The fourth-order valence-electron chi connectivity index (χ4n) is 1.16. The number of aromatic amines is 1. The first kappa shape index (κ1) is 8.55. The summed E-state index contributed by atoms with van der Waals surface area (Å²) in [5, 5.41) is 9.93. The molecule has 0 saturated heterocycles. The maximum atomic E-state index is 5.55. The Balaban J connectivity index is 2.23. The summed E-state index contributed by atoms with van der Waals surface area (Å²) in [6.07, 6.45) is 3.39. The third kappa shape index (κ3) is 1.66. The number of nitrogens with two attached hydrogens (primary N) is 1. The molecule has 0 bridgehead atoms. The van der Waals surface area contributed by atoms with E-state index in [4.69, 9.17) is 5.73 Å². The van der Waals surface area contributed by atoms with E-state index in [1.165, 1.54) is 0 Å². The average Bonchev–Trinajstić information content (AvgIpc) is 2.52. The van der Waals surface area contributed by atoms with E-state index in [1.54, 1.807) is 18.5 Å². The van der Waals surface area contributed by atoms with Gasteiger partial charge >= 0.3 is 0 Å². The molecule has 0 spiro atoms. The normalized spacial score (nSPS) is 10.1. The summed E-state index contributed by atoms with van der Waals surface area (Å²) in [7, 11) is 0. The van der Waals surface area contributed by atoms with Crippen molar-refractivity contribution >= 4 is 17.2 Å². The van der Waals surface area contributed by atoms with Crippen molar-refractivity contribution in [3.63, 3.8) is 0 Å². The van der Waals surface area contributed by atoms with Crippen molar-refractivity contribution in [3.05, 3.63) is 30.2 Å². The molecule has 2 aromatic heterocycles. The molecule has 5 nitrogen and oxygen atoms in total. The van der Waals surface area contributed by atoms with Crippen LogP contribution in [-0.4, -0.2) is 15.2 Å². The summed E-state index contributed by atoms with van der Waals surface area (Å²) in [6, 6.07) is 3.62. The van der Waals surface area contributed by atoms with E-state index < -0.39 is 0 Å². The Kier molecular flexibility index (Phi) is 2.06. The lowest BCUT2D eigenvalue weighted by atomic mass is 10.3. The summed E-state index contributed by atoms with van der Waals surface area (Å²) < 4.78 is 0. The highest BCUT2D eigenvalue weighted by Crippen LogP contribution is 2.18. The molecule has 72 valence electrons. The minimum Gasteiger partial charge on any atom is -0.384 e. The number of aromatic nitrogens is 3. The third-order valence-corrected chi connectivity index (χ3v) is 1.89. The van der Waals surface area contributed by atoms with Gasteiger partial charge in [0.05, 0.1) is 17.6 Å². The lowest BCUT2D eigenvalue weighted by Gasteiger charge is -2.04. The third-order valence-electron chi connectivity index (χ3n) is 1.89. The van der Waals surface area contributed by atoms with E-state index in [0.29, 0.717) is 5.82 Å². The van der Waals surface area contributed by atoms with Gasteiger partial charge in [0.2, 0.25) is 0 Å². The highest BCUT2D eigenvalue weighted by Gasteiger charge is 2.00. The molecule has 0 aliphatic rings. The number of hydrogen-bond donors (Lipinski definition) is 3. The minimum absolute atomic E-state index is 0.496. The Morgan fingerprint density at radius 1 is 1.50 bits per heavy atom. The number of pyridine rings is 1. The number of hydrogen-bond acceptors (Lipinski definition) is 4. The predicted octanol–water partition coefficient (Wildman–Crippen LogP) is 1.44. The van der Waals surface area contributed by atoms with E-state index in [-0.39, 0.29) is 0 Å². The van der Waals surface area contributed by atoms with Gasteiger partial charge in [0.25, 0.3) is 0 Å². The number of aryl methyl sites for hydroxylation is 1. The second-order valence-corrected chi connectivity index (χ2v) is 3.00. The standard InChI is InChI=1S/C9H11N5/c1-6-8(5-12-14-6)13-7-2-3-11-9(10)4-7/h2-5H,1H3,(H,12,14)(H3,10,11,13). The minimum atomic E-state index is 0.496. The molecule has 0 unspecified atom stereocenters. The van der Waals surface area contributed by atoms with Gasteiger partial charge in [0.15, 0.2) is 0 Å². The fourth-order valence-corrected chi connectivity index (χ4v) is 1.16. The molecule has 5 heteroatoms. The van der Waals surface area contributed by atoms with Crippen LogP contribution < -0.4 is 11.1 Å². The molecule has 0 aliphatic carbocycles. The number of rotatable bonds is 2.